The number of thiol groups is 2. The predicted molar refractivity (Wildman–Crippen MR) is 100 cm³/mol. The highest BCUT2D eigenvalue weighted by Crippen LogP contribution is 2.01. The van der Waals surface area contributed by atoms with E-state index in [2.05, 4.69) is 25.3 Å². The van der Waals surface area contributed by atoms with Crippen LogP contribution in [0.4, 0.5) is 0 Å². The third-order valence-electron chi connectivity index (χ3n) is 3.04. The minimum absolute atomic E-state index is 0.207. The van der Waals surface area contributed by atoms with Gasteiger partial charge in [-0.3, -0.25) is 9.59 Å². The Morgan fingerprint density at radius 2 is 0.920 bits per heavy atom. The van der Waals surface area contributed by atoms with Crippen LogP contribution in [0.2, 0.25) is 0 Å². The maximum Gasteiger partial charge on any atom is 0.309 e. The summed E-state index contributed by atoms with van der Waals surface area (Å²) in [4.78, 5) is 22.7. The van der Waals surface area contributed by atoms with Gasteiger partial charge in [-0.05, 0) is 0 Å². The van der Waals surface area contributed by atoms with Crippen molar-refractivity contribution in [2.75, 3.05) is 64.4 Å². The smallest absolute Gasteiger partial charge is 0.309 e. The van der Waals surface area contributed by atoms with Crippen LogP contribution in [0.3, 0.4) is 0 Å². The van der Waals surface area contributed by atoms with Crippen LogP contribution in [-0.4, -0.2) is 76.3 Å². The van der Waals surface area contributed by atoms with Crippen LogP contribution in [-0.2, 0) is 33.3 Å². The van der Waals surface area contributed by atoms with Gasteiger partial charge in [-0.1, -0.05) is 13.8 Å². The van der Waals surface area contributed by atoms with Gasteiger partial charge in [0.05, 0.1) is 51.5 Å². The molecule has 9 heteroatoms. The van der Waals surface area contributed by atoms with Crippen LogP contribution in [0, 0.1) is 11.8 Å². The van der Waals surface area contributed by atoms with Gasteiger partial charge in [0.1, 0.15) is 13.2 Å². The molecular formula is C16H30O7S2. The number of esters is 2. The minimum atomic E-state index is -0.266. The molecule has 0 aromatic rings. The molecular weight excluding hydrogens is 368 g/mol. The van der Waals surface area contributed by atoms with Gasteiger partial charge < -0.3 is 23.7 Å². The summed E-state index contributed by atoms with van der Waals surface area (Å²) >= 11 is 8.06. The van der Waals surface area contributed by atoms with Crippen molar-refractivity contribution in [3.8, 4) is 0 Å². The van der Waals surface area contributed by atoms with Crippen molar-refractivity contribution in [2.24, 2.45) is 11.8 Å². The molecule has 0 rings (SSSR count). The Morgan fingerprint density at radius 1 is 0.640 bits per heavy atom. The van der Waals surface area contributed by atoms with Gasteiger partial charge in [0.25, 0.3) is 0 Å². The van der Waals surface area contributed by atoms with Gasteiger partial charge >= 0.3 is 11.9 Å². The number of ether oxygens (including phenoxy) is 5. The van der Waals surface area contributed by atoms with Crippen LogP contribution in [0.15, 0.2) is 0 Å². The Bertz CT molecular complexity index is 323. The van der Waals surface area contributed by atoms with Gasteiger partial charge in [-0.2, -0.15) is 25.3 Å². The number of hydrogen-bond acceptors (Lipinski definition) is 9. The Morgan fingerprint density at radius 3 is 1.20 bits per heavy atom. The Labute approximate surface area is 160 Å². The van der Waals surface area contributed by atoms with E-state index >= 15 is 0 Å². The topological polar surface area (TPSA) is 80.3 Å². The second kappa shape index (κ2) is 17.0. The largest absolute Gasteiger partial charge is 0.463 e. The highest BCUT2D eigenvalue weighted by Gasteiger charge is 2.12. The molecule has 148 valence electrons. The average Bonchev–Trinajstić information content (AvgIpc) is 2.63. The molecule has 7 nitrogen and oxygen atoms in total. The molecule has 0 N–H and O–H groups in total. The summed E-state index contributed by atoms with van der Waals surface area (Å²) < 4.78 is 25.9. The van der Waals surface area contributed by atoms with Crippen molar-refractivity contribution in [3.63, 3.8) is 0 Å². The Balaban J connectivity index is 3.24. The van der Waals surface area contributed by atoms with E-state index in [1.807, 2.05) is 0 Å². The van der Waals surface area contributed by atoms with E-state index < -0.39 is 0 Å². The Kier molecular flexibility index (Phi) is 16.6. The summed E-state index contributed by atoms with van der Waals surface area (Å²) in [5.41, 5.74) is 0. The summed E-state index contributed by atoms with van der Waals surface area (Å²) in [6.45, 7) is 6.34. The summed E-state index contributed by atoms with van der Waals surface area (Å²) in [6, 6.07) is 0. The molecule has 0 bridgehead atoms. The molecule has 25 heavy (non-hydrogen) atoms. The third-order valence-corrected chi connectivity index (χ3v) is 4.14. The molecule has 0 saturated carbocycles. The molecule has 2 atom stereocenters. The highest BCUT2D eigenvalue weighted by atomic mass is 32.1. The van der Waals surface area contributed by atoms with Crippen LogP contribution in [0.25, 0.3) is 0 Å². The molecule has 0 saturated heterocycles. The lowest BCUT2D eigenvalue weighted by Crippen LogP contribution is -2.20. The monoisotopic (exact) mass is 398 g/mol. The van der Waals surface area contributed by atoms with Gasteiger partial charge in [-0.25, -0.2) is 0 Å². The highest BCUT2D eigenvalue weighted by molar-refractivity contribution is 7.80. The van der Waals surface area contributed by atoms with Gasteiger partial charge in [0, 0.05) is 11.5 Å². The lowest BCUT2D eigenvalue weighted by Gasteiger charge is -2.10. The van der Waals surface area contributed by atoms with Crippen molar-refractivity contribution in [1.82, 2.24) is 0 Å². The second-order valence-electron chi connectivity index (χ2n) is 5.34. The maximum atomic E-state index is 11.3. The standard InChI is InChI=1S/C16H30O7S2/c1-13(11-24)15(17)22-9-7-20-5-3-19-4-6-21-8-10-23-16(18)14(2)12-25/h13-14,24-25H,3-12H2,1-2H3. The molecule has 0 fully saturated rings. The maximum absolute atomic E-state index is 11.3. The summed E-state index contributed by atoms with van der Waals surface area (Å²) in [5.74, 6) is -0.0155. The van der Waals surface area contributed by atoms with Crippen molar-refractivity contribution in [2.45, 2.75) is 13.8 Å². The van der Waals surface area contributed by atoms with E-state index in [1.165, 1.54) is 0 Å². The molecule has 0 amide bonds. The zero-order valence-corrected chi connectivity index (χ0v) is 16.8. The first-order valence-corrected chi connectivity index (χ1v) is 9.57. The SMILES string of the molecule is CC(CS)C(=O)OCCOCCOCCOCCOC(=O)C(C)CS. The summed E-state index contributed by atoms with van der Waals surface area (Å²) in [5, 5.41) is 0. The Hall–Kier alpha value is -0.480. The van der Waals surface area contributed by atoms with Crippen LogP contribution in [0.5, 0.6) is 0 Å². The van der Waals surface area contributed by atoms with E-state index in [4.69, 9.17) is 23.7 Å². The lowest BCUT2D eigenvalue weighted by atomic mass is 10.2. The fraction of sp³-hybridized carbons (Fsp3) is 0.875. The van der Waals surface area contributed by atoms with E-state index in [0.29, 0.717) is 51.1 Å². The molecule has 2 unspecified atom stereocenters. The molecule has 0 aliphatic carbocycles. The van der Waals surface area contributed by atoms with Crippen molar-refractivity contribution in [1.29, 1.82) is 0 Å². The van der Waals surface area contributed by atoms with E-state index in [0.717, 1.165) is 0 Å². The molecule has 0 aromatic heterocycles. The van der Waals surface area contributed by atoms with Crippen molar-refractivity contribution in [3.05, 3.63) is 0 Å². The first-order valence-electron chi connectivity index (χ1n) is 8.31. The number of carbonyl (C=O) groups excluding carboxylic acids is 2. The molecule has 0 spiro atoms. The molecule has 0 aliphatic rings. The summed E-state index contributed by atoms with van der Waals surface area (Å²) in [7, 11) is 0. The quantitative estimate of drug-likeness (QED) is 0.230. The molecule has 0 aromatic carbocycles. The van der Waals surface area contributed by atoms with E-state index in [-0.39, 0.29) is 37.0 Å². The number of carbonyl (C=O) groups is 2. The fourth-order valence-corrected chi connectivity index (χ4v) is 1.68. The molecule has 0 aliphatic heterocycles. The van der Waals surface area contributed by atoms with E-state index in [1.54, 1.807) is 13.8 Å². The van der Waals surface area contributed by atoms with Crippen molar-refractivity contribution < 1.29 is 33.3 Å². The number of hydrogen-bond donors (Lipinski definition) is 2. The summed E-state index contributed by atoms with van der Waals surface area (Å²) in [6.07, 6.45) is 0. The molecule has 0 heterocycles. The number of rotatable bonds is 16. The van der Waals surface area contributed by atoms with Crippen LogP contribution in [0.1, 0.15) is 13.8 Å². The normalized spacial score (nSPS) is 13.3. The predicted octanol–water partition coefficient (Wildman–Crippen LogP) is 1.25. The van der Waals surface area contributed by atoms with Crippen LogP contribution < -0.4 is 0 Å². The zero-order chi connectivity index (χ0) is 18.9. The zero-order valence-electron chi connectivity index (χ0n) is 15.0. The first kappa shape index (κ1) is 24.5. The van der Waals surface area contributed by atoms with E-state index in [9.17, 15) is 9.59 Å². The fourth-order valence-electron chi connectivity index (χ4n) is 1.38. The average molecular weight is 399 g/mol. The van der Waals surface area contributed by atoms with Gasteiger partial charge in [0.2, 0.25) is 0 Å². The third kappa shape index (κ3) is 14.4. The van der Waals surface area contributed by atoms with Gasteiger partial charge in [-0.15, -0.1) is 0 Å². The second-order valence-corrected chi connectivity index (χ2v) is 6.07. The minimum Gasteiger partial charge on any atom is -0.463 e. The van der Waals surface area contributed by atoms with Gasteiger partial charge in [0.15, 0.2) is 0 Å². The molecule has 0 radical (unpaired) electrons. The lowest BCUT2D eigenvalue weighted by molar-refractivity contribution is -0.149. The first-order chi connectivity index (χ1) is 12.0. The van der Waals surface area contributed by atoms with Crippen LogP contribution >= 0.6 is 25.3 Å². The van der Waals surface area contributed by atoms with Crippen molar-refractivity contribution >= 4 is 37.2 Å².